The monoisotopic (exact) mass is 285 g/mol. The molecule has 0 saturated carbocycles. The summed E-state index contributed by atoms with van der Waals surface area (Å²) in [4.78, 5) is 4.20. The van der Waals surface area contributed by atoms with Crippen LogP contribution in [0.3, 0.4) is 0 Å². The van der Waals surface area contributed by atoms with Gasteiger partial charge in [0.05, 0.1) is 0 Å². The van der Waals surface area contributed by atoms with Crippen molar-refractivity contribution in [2.75, 3.05) is 0 Å². The Hall–Kier alpha value is -1.29. The third-order valence-electron chi connectivity index (χ3n) is 3.61. The number of pyridine rings is 1. The number of rotatable bonds is 8. The maximum atomic E-state index is 4.20. The van der Waals surface area contributed by atoms with Crippen molar-refractivity contribution < 1.29 is 0 Å². The fourth-order valence-electron chi connectivity index (χ4n) is 2.34. The molecule has 0 bridgehead atoms. The second-order valence-corrected chi connectivity index (χ2v) is 7.05. The second-order valence-electron chi connectivity index (χ2n) is 7.05. The molecule has 0 atom stereocenters. The number of nitrogens with zero attached hydrogens (tertiary/aromatic N) is 1. The van der Waals surface area contributed by atoms with E-state index in [0.717, 1.165) is 12.1 Å². The van der Waals surface area contributed by atoms with Gasteiger partial charge in [-0.05, 0) is 36.3 Å². The summed E-state index contributed by atoms with van der Waals surface area (Å²) in [5, 5.41) is 0. The minimum atomic E-state index is 0.506. The van der Waals surface area contributed by atoms with E-state index in [-0.39, 0.29) is 0 Å². The largest absolute Gasteiger partial charge is 0.248 e. The smallest absolute Gasteiger partial charge is 0.113 e. The third kappa shape index (κ3) is 11.1. The van der Waals surface area contributed by atoms with E-state index in [0.29, 0.717) is 5.41 Å². The highest BCUT2D eigenvalue weighted by atomic mass is 14.6. The van der Waals surface area contributed by atoms with Crippen LogP contribution in [0.5, 0.6) is 0 Å². The molecule has 116 valence electrons. The molecule has 0 radical (unpaired) electrons. The van der Waals surface area contributed by atoms with E-state index in [1.807, 2.05) is 18.2 Å². The zero-order valence-corrected chi connectivity index (χ0v) is 14.1. The third-order valence-corrected chi connectivity index (χ3v) is 3.61. The van der Waals surface area contributed by atoms with Crippen LogP contribution in [0.2, 0.25) is 0 Å². The standard InChI is InChI=1S/C20H31N/c1-20(2,3)17-13-10-8-6-4-5-7-9-11-15-19-16-12-14-18-21-19/h12,14,16,18H,4-10,13,17H2,1-3H3. The van der Waals surface area contributed by atoms with Gasteiger partial charge in [-0.3, -0.25) is 0 Å². The Morgan fingerprint density at radius 2 is 1.57 bits per heavy atom. The van der Waals surface area contributed by atoms with Crippen molar-refractivity contribution in [2.45, 2.75) is 78.6 Å². The first-order chi connectivity index (χ1) is 10.1. The quantitative estimate of drug-likeness (QED) is 0.422. The average molecular weight is 285 g/mol. The van der Waals surface area contributed by atoms with Crippen molar-refractivity contribution in [1.82, 2.24) is 4.98 Å². The maximum absolute atomic E-state index is 4.20. The first-order valence-electron chi connectivity index (χ1n) is 8.48. The van der Waals surface area contributed by atoms with Crippen LogP contribution in [0.4, 0.5) is 0 Å². The Labute approximate surface area is 131 Å². The molecule has 0 aliphatic rings. The van der Waals surface area contributed by atoms with Gasteiger partial charge >= 0.3 is 0 Å². The molecular formula is C20H31N. The van der Waals surface area contributed by atoms with Crippen molar-refractivity contribution in [1.29, 1.82) is 0 Å². The Kier molecular flexibility index (Phi) is 8.83. The van der Waals surface area contributed by atoms with Crippen molar-refractivity contribution in [3.8, 4) is 11.8 Å². The molecule has 0 unspecified atom stereocenters. The summed E-state index contributed by atoms with van der Waals surface area (Å²) in [6.45, 7) is 7.00. The molecule has 0 aromatic carbocycles. The molecule has 1 heteroatoms. The lowest BCUT2D eigenvalue weighted by molar-refractivity contribution is 0.356. The lowest BCUT2D eigenvalue weighted by Crippen LogP contribution is -2.03. The minimum absolute atomic E-state index is 0.506. The first kappa shape index (κ1) is 17.8. The fraction of sp³-hybridized carbons (Fsp3) is 0.650. The van der Waals surface area contributed by atoms with E-state index < -0.39 is 0 Å². The first-order valence-corrected chi connectivity index (χ1v) is 8.48. The molecule has 0 spiro atoms. The summed E-state index contributed by atoms with van der Waals surface area (Å²) in [5.41, 5.74) is 1.39. The van der Waals surface area contributed by atoms with Gasteiger partial charge in [-0.15, -0.1) is 0 Å². The van der Waals surface area contributed by atoms with Gasteiger partial charge in [0, 0.05) is 12.6 Å². The van der Waals surface area contributed by atoms with Gasteiger partial charge in [0.25, 0.3) is 0 Å². The van der Waals surface area contributed by atoms with E-state index in [9.17, 15) is 0 Å². The normalized spacial score (nSPS) is 11.0. The molecule has 0 N–H and O–H groups in total. The Morgan fingerprint density at radius 1 is 0.905 bits per heavy atom. The summed E-state index contributed by atoms with van der Waals surface area (Å²) >= 11 is 0. The summed E-state index contributed by atoms with van der Waals surface area (Å²) in [6.07, 6.45) is 13.6. The predicted molar refractivity (Wildman–Crippen MR) is 92.1 cm³/mol. The molecular weight excluding hydrogens is 254 g/mol. The van der Waals surface area contributed by atoms with Crippen LogP contribution in [0.1, 0.15) is 84.3 Å². The molecule has 1 aromatic rings. The number of hydrogen-bond donors (Lipinski definition) is 0. The molecule has 0 aliphatic carbocycles. The molecule has 1 heterocycles. The van der Waals surface area contributed by atoms with Crippen molar-refractivity contribution in [3.05, 3.63) is 30.1 Å². The molecule has 0 saturated heterocycles. The van der Waals surface area contributed by atoms with Gasteiger partial charge < -0.3 is 0 Å². The van der Waals surface area contributed by atoms with Gasteiger partial charge in [0.15, 0.2) is 0 Å². The molecule has 1 aromatic heterocycles. The summed E-state index contributed by atoms with van der Waals surface area (Å²) in [7, 11) is 0. The Bertz CT molecular complexity index is 417. The maximum Gasteiger partial charge on any atom is 0.113 e. The van der Waals surface area contributed by atoms with Crippen molar-refractivity contribution in [3.63, 3.8) is 0 Å². The summed E-state index contributed by atoms with van der Waals surface area (Å²) < 4.78 is 0. The van der Waals surface area contributed by atoms with Crippen molar-refractivity contribution >= 4 is 0 Å². The molecule has 1 nitrogen and oxygen atoms in total. The van der Waals surface area contributed by atoms with E-state index >= 15 is 0 Å². The molecule has 21 heavy (non-hydrogen) atoms. The van der Waals surface area contributed by atoms with Gasteiger partial charge in [0.2, 0.25) is 0 Å². The lowest BCUT2D eigenvalue weighted by atomic mass is 9.89. The van der Waals surface area contributed by atoms with Gasteiger partial charge in [-0.2, -0.15) is 0 Å². The lowest BCUT2D eigenvalue weighted by Gasteiger charge is -2.17. The number of unbranched alkanes of at least 4 members (excludes halogenated alkanes) is 7. The van der Waals surface area contributed by atoms with Crippen LogP contribution in [0.15, 0.2) is 24.4 Å². The Balaban J connectivity index is 1.90. The van der Waals surface area contributed by atoms with E-state index in [2.05, 4.69) is 37.6 Å². The fourth-order valence-corrected chi connectivity index (χ4v) is 2.34. The molecule has 0 fully saturated rings. The van der Waals surface area contributed by atoms with Gasteiger partial charge in [-0.1, -0.05) is 71.3 Å². The van der Waals surface area contributed by atoms with Crippen molar-refractivity contribution in [2.24, 2.45) is 5.41 Å². The van der Waals surface area contributed by atoms with Crippen LogP contribution in [0.25, 0.3) is 0 Å². The summed E-state index contributed by atoms with van der Waals surface area (Å²) in [6, 6.07) is 5.87. The van der Waals surface area contributed by atoms with Gasteiger partial charge in [-0.25, -0.2) is 4.98 Å². The highest BCUT2D eigenvalue weighted by Gasteiger charge is 2.08. The average Bonchev–Trinajstić information content (AvgIpc) is 2.44. The minimum Gasteiger partial charge on any atom is -0.248 e. The van der Waals surface area contributed by atoms with E-state index in [1.165, 1.54) is 51.4 Å². The van der Waals surface area contributed by atoms with E-state index in [4.69, 9.17) is 0 Å². The van der Waals surface area contributed by atoms with Crippen LogP contribution >= 0.6 is 0 Å². The number of hydrogen-bond acceptors (Lipinski definition) is 1. The van der Waals surface area contributed by atoms with Crippen LogP contribution in [0, 0.1) is 17.3 Å². The Morgan fingerprint density at radius 3 is 2.19 bits per heavy atom. The van der Waals surface area contributed by atoms with Crippen LogP contribution in [-0.2, 0) is 0 Å². The molecule has 0 aliphatic heterocycles. The highest BCUT2D eigenvalue weighted by molar-refractivity contribution is 5.26. The van der Waals surface area contributed by atoms with E-state index in [1.54, 1.807) is 6.20 Å². The summed E-state index contributed by atoms with van der Waals surface area (Å²) in [5.74, 6) is 6.33. The SMILES string of the molecule is CC(C)(C)CCCCCCCCCC#Cc1ccccn1. The predicted octanol–water partition coefficient (Wildman–Crippen LogP) is 5.99. The molecule has 1 rings (SSSR count). The zero-order chi connectivity index (χ0) is 15.4. The van der Waals surface area contributed by atoms with Crippen LogP contribution < -0.4 is 0 Å². The van der Waals surface area contributed by atoms with Crippen LogP contribution in [-0.4, -0.2) is 4.98 Å². The number of aromatic nitrogens is 1. The topological polar surface area (TPSA) is 12.9 Å². The molecule has 0 amide bonds. The zero-order valence-electron chi connectivity index (χ0n) is 14.1. The van der Waals surface area contributed by atoms with Gasteiger partial charge in [0.1, 0.15) is 5.69 Å². The second kappa shape index (κ2) is 10.4. The highest BCUT2D eigenvalue weighted by Crippen LogP contribution is 2.22.